The van der Waals surface area contributed by atoms with Crippen LogP contribution in [-0.2, 0) is 4.79 Å². The SMILES string of the molecule is CC1=C(C(=O)Nc2ccccc2)[C@H](c2ccc(Cl)cc2)n2c(s/c(=C/c3cc(Cl)ccc3OC(C)C)c2=O)=N1. The first-order chi connectivity index (χ1) is 18.7. The number of nitrogens with one attached hydrogen (secondary N) is 1. The minimum absolute atomic E-state index is 0.0576. The van der Waals surface area contributed by atoms with Crippen molar-refractivity contribution >= 4 is 52.2 Å². The van der Waals surface area contributed by atoms with Gasteiger partial charge in [-0.25, -0.2) is 4.99 Å². The highest BCUT2D eigenvalue weighted by Crippen LogP contribution is 2.31. The van der Waals surface area contributed by atoms with Crippen LogP contribution in [0.5, 0.6) is 5.75 Å². The molecule has 1 aliphatic rings. The number of anilines is 1. The van der Waals surface area contributed by atoms with Gasteiger partial charge in [0.2, 0.25) is 0 Å². The molecule has 39 heavy (non-hydrogen) atoms. The van der Waals surface area contributed by atoms with Crippen molar-refractivity contribution in [1.29, 1.82) is 0 Å². The van der Waals surface area contributed by atoms with Crippen molar-refractivity contribution in [3.05, 3.63) is 125 Å². The number of hydrogen-bond donors (Lipinski definition) is 1. The van der Waals surface area contributed by atoms with E-state index < -0.39 is 6.04 Å². The molecular formula is C30H25Cl2N3O3S. The molecule has 0 aliphatic carbocycles. The molecule has 0 unspecified atom stereocenters. The van der Waals surface area contributed by atoms with Crippen LogP contribution in [-0.4, -0.2) is 16.6 Å². The van der Waals surface area contributed by atoms with Gasteiger partial charge in [0.1, 0.15) is 5.75 Å². The molecule has 1 amide bonds. The lowest BCUT2D eigenvalue weighted by molar-refractivity contribution is -0.113. The molecule has 2 heterocycles. The standard InChI is InChI=1S/C30H25Cl2N3O3S/c1-17(2)38-24-14-13-22(32)15-20(24)16-25-29(37)35-27(19-9-11-21(31)12-10-19)26(18(3)33-30(35)39-25)28(36)34-23-7-5-4-6-8-23/h4-17,27H,1-3H3,(H,34,36)/b25-16+/t27-/m0/s1. The summed E-state index contributed by atoms with van der Waals surface area (Å²) in [6, 6.07) is 20.9. The minimum Gasteiger partial charge on any atom is -0.490 e. The maximum absolute atomic E-state index is 13.9. The van der Waals surface area contributed by atoms with Gasteiger partial charge in [-0.3, -0.25) is 14.2 Å². The fourth-order valence-electron chi connectivity index (χ4n) is 4.43. The molecule has 4 aromatic rings. The number of aromatic nitrogens is 1. The van der Waals surface area contributed by atoms with Crippen LogP contribution in [0.25, 0.3) is 6.08 Å². The fraction of sp³-hybridized carbons (Fsp3) is 0.167. The van der Waals surface area contributed by atoms with Crippen LogP contribution in [0.4, 0.5) is 5.69 Å². The van der Waals surface area contributed by atoms with Crippen LogP contribution in [0.3, 0.4) is 0 Å². The number of fused-ring (bicyclic) bond motifs is 1. The topological polar surface area (TPSA) is 72.7 Å². The van der Waals surface area contributed by atoms with Crippen molar-refractivity contribution in [2.75, 3.05) is 5.32 Å². The molecule has 1 aliphatic heterocycles. The Kier molecular flexibility index (Phi) is 7.75. The third kappa shape index (κ3) is 5.71. The quantitative estimate of drug-likeness (QED) is 0.307. The van der Waals surface area contributed by atoms with Crippen LogP contribution in [0.15, 0.2) is 93.9 Å². The van der Waals surface area contributed by atoms with E-state index in [1.807, 2.05) is 56.3 Å². The van der Waals surface area contributed by atoms with Crippen molar-refractivity contribution in [2.24, 2.45) is 4.99 Å². The maximum atomic E-state index is 13.9. The summed E-state index contributed by atoms with van der Waals surface area (Å²) in [6.45, 7) is 5.65. The number of para-hydroxylation sites is 1. The minimum atomic E-state index is -0.699. The number of benzene rings is 3. The highest BCUT2D eigenvalue weighted by molar-refractivity contribution is 7.07. The lowest BCUT2D eigenvalue weighted by Crippen LogP contribution is -2.40. The first-order valence-corrected chi connectivity index (χ1v) is 13.9. The third-order valence-electron chi connectivity index (χ3n) is 6.10. The van der Waals surface area contributed by atoms with Gasteiger partial charge >= 0.3 is 0 Å². The summed E-state index contributed by atoms with van der Waals surface area (Å²) in [4.78, 5) is 32.8. The average Bonchev–Trinajstić information content (AvgIpc) is 3.20. The number of amides is 1. The Labute approximate surface area is 239 Å². The Bertz CT molecular complexity index is 1760. The maximum Gasteiger partial charge on any atom is 0.271 e. The van der Waals surface area contributed by atoms with Gasteiger partial charge in [0, 0.05) is 21.3 Å². The van der Waals surface area contributed by atoms with Crippen molar-refractivity contribution in [2.45, 2.75) is 32.9 Å². The molecule has 3 aromatic carbocycles. The lowest BCUT2D eigenvalue weighted by Gasteiger charge is -2.25. The number of carbonyl (C=O) groups is 1. The smallest absolute Gasteiger partial charge is 0.271 e. The van der Waals surface area contributed by atoms with Crippen molar-refractivity contribution in [3.63, 3.8) is 0 Å². The van der Waals surface area contributed by atoms with Crippen molar-refractivity contribution in [3.8, 4) is 5.75 Å². The Morgan fingerprint density at radius 2 is 1.74 bits per heavy atom. The summed E-state index contributed by atoms with van der Waals surface area (Å²) in [6.07, 6.45) is 1.70. The second kappa shape index (κ2) is 11.2. The summed E-state index contributed by atoms with van der Waals surface area (Å²) in [5, 5.41) is 4.03. The molecule has 0 saturated carbocycles. The zero-order valence-corrected chi connectivity index (χ0v) is 23.8. The molecule has 198 valence electrons. The van der Waals surface area contributed by atoms with Gasteiger partial charge in [-0.2, -0.15) is 0 Å². The summed E-state index contributed by atoms with van der Waals surface area (Å²) in [7, 11) is 0. The summed E-state index contributed by atoms with van der Waals surface area (Å²) in [5.74, 6) is 0.285. The van der Waals surface area contributed by atoms with E-state index in [1.165, 1.54) is 11.3 Å². The van der Waals surface area contributed by atoms with E-state index in [2.05, 4.69) is 5.32 Å². The molecular weight excluding hydrogens is 553 g/mol. The second-order valence-corrected chi connectivity index (χ2v) is 11.2. The number of hydrogen-bond acceptors (Lipinski definition) is 5. The predicted molar refractivity (Wildman–Crippen MR) is 158 cm³/mol. The summed E-state index contributed by atoms with van der Waals surface area (Å²) >= 11 is 13.7. The van der Waals surface area contributed by atoms with Gasteiger partial charge in [-0.05, 0) is 74.9 Å². The van der Waals surface area contributed by atoms with Gasteiger partial charge in [0.05, 0.1) is 27.9 Å². The van der Waals surface area contributed by atoms with E-state index in [9.17, 15) is 9.59 Å². The van der Waals surface area contributed by atoms with Gasteiger partial charge in [-0.15, -0.1) is 0 Å². The molecule has 6 nitrogen and oxygen atoms in total. The van der Waals surface area contributed by atoms with Crippen LogP contribution in [0.2, 0.25) is 10.0 Å². The molecule has 5 rings (SSSR count). The van der Waals surface area contributed by atoms with Crippen LogP contribution >= 0.6 is 34.5 Å². The average molecular weight is 579 g/mol. The third-order valence-corrected chi connectivity index (χ3v) is 7.57. The van der Waals surface area contributed by atoms with E-state index in [0.29, 0.717) is 47.6 Å². The van der Waals surface area contributed by atoms with Crippen LogP contribution < -0.4 is 24.9 Å². The zero-order valence-electron chi connectivity index (χ0n) is 21.4. The summed E-state index contributed by atoms with van der Waals surface area (Å²) < 4.78 is 7.96. The molecule has 1 atom stereocenters. The van der Waals surface area contributed by atoms with Crippen LogP contribution in [0, 0.1) is 0 Å². The number of halogens is 2. The Morgan fingerprint density at radius 1 is 1.05 bits per heavy atom. The molecule has 0 saturated heterocycles. The highest BCUT2D eigenvalue weighted by atomic mass is 35.5. The first kappa shape index (κ1) is 26.9. The number of thiazole rings is 1. The largest absolute Gasteiger partial charge is 0.490 e. The number of rotatable bonds is 6. The molecule has 0 spiro atoms. The fourth-order valence-corrected chi connectivity index (χ4v) is 5.77. The zero-order chi connectivity index (χ0) is 27.7. The van der Waals surface area contributed by atoms with Crippen molar-refractivity contribution < 1.29 is 9.53 Å². The first-order valence-electron chi connectivity index (χ1n) is 12.3. The highest BCUT2D eigenvalue weighted by Gasteiger charge is 2.32. The molecule has 0 bridgehead atoms. The van der Waals surface area contributed by atoms with E-state index in [4.69, 9.17) is 32.9 Å². The molecule has 9 heteroatoms. The van der Waals surface area contributed by atoms with Gasteiger partial charge in [-0.1, -0.05) is 64.9 Å². The molecule has 0 radical (unpaired) electrons. The Balaban J connectivity index is 1.68. The monoisotopic (exact) mass is 577 g/mol. The molecule has 1 aromatic heterocycles. The predicted octanol–water partition coefficient (Wildman–Crippen LogP) is 5.97. The molecule has 1 N–H and O–H groups in total. The molecule has 0 fully saturated rings. The van der Waals surface area contributed by atoms with Gasteiger partial charge in [0.25, 0.3) is 11.5 Å². The van der Waals surface area contributed by atoms with Crippen molar-refractivity contribution in [1.82, 2.24) is 4.57 Å². The normalized spacial score (nSPS) is 15.2. The number of nitrogens with zero attached hydrogens (tertiary/aromatic N) is 2. The number of carbonyl (C=O) groups excluding carboxylic acids is 1. The number of allylic oxidation sites excluding steroid dienone is 1. The number of ether oxygens (including phenoxy) is 1. The van der Waals surface area contributed by atoms with E-state index >= 15 is 0 Å². The second-order valence-electron chi connectivity index (χ2n) is 9.30. The van der Waals surface area contributed by atoms with E-state index in [1.54, 1.807) is 47.9 Å². The van der Waals surface area contributed by atoms with Gasteiger partial charge in [0.15, 0.2) is 4.80 Å². The van der Waals surface area contributed by atoms with Gasteiger partial charge < -0.3 is 10.1 Å². The lowest BCUT2D eigenvalue weighted by atomic mass is 9.95. The van der Waals surface area contributed by atoms with Crippen LogP contribution in [0.1, 0.15) is 37.9 Å². The summed E-state index contributed by atoms with van der Waals surface area (Å²) in [5.41, 5.74) is 2.71. The van der Waals surface area contributed by atoms with E-state index in [0.717, 1.165) is 5.56 Å². The Morgan fingerprint density at radius 3 is 2.44 bits per heavy atom. The van der Waals surface area contributed by atoms with E-state index in [-0.39, 0.29) is 17.6 Å². The Hall–Kier alpha value is -3.65.